The fourth-order valence-corrected chi connectivity index (χ4v) is 2.03. The van der Waals surface area contributed by atoms with Crippen molar-refractivity contribution in [1.29, 1.82) is 0 Å². The lowest BCUT2D eigenvalue weighted by molar-refractivity contribution is 0.628. The Kier molecular flexibility index (Phi) is 1.55. The second-order valence-electron chi connectivity index (χ2n) is 4.51. The van der Waals surface area contributed by atoms with Crippen LogP contribution in [-0.2, 0) is 5.54 Å². The predicted octanol–water partition coefficient (Wildman–Crippen LogP) is 2.56. The van der Waals surface area contributed by atoms with Gasteiger partial charge in [-0.2, -0.15) is 0 Å². The molecule has 0 amide bonds. The number of aromatic nitrogens is 1. The van der Waals surface area contributed by atoms with Gasteiger partial charge in [0.05, 0.1) is 5.52 Å². The van der Waals surface area contributed by atoms with E-state index < -0.39 is 0 Å². The van der Waals surface area contributed by atoms with Crippen molar-refractivity contribution in [2.24, 2.45) is 5.73 Å². The monoisotopic (exact) mass is 204 g/mol. The molecule has 1 aromatic heterocycles. The highest BCUT2D eigenvalue weighted by Crippen LogP contribution is 2.43. The molecule has 78 valence electrons. The number of halogens is 1. The van der Waals surface area contributed by atoms with Gasteiger partial charge in [0.15, 0.2) is 0 Å². The highest BCUT2D eigenvalue weighted by molar-refractivity contribution is 5.84. The van der Waals surface area contributed by atoms with Gasteiger partial charge in [-0.15, -0.1) is 0 Å². The number of fused-ring (bicyclic) bond motifs is 1. The summed E-state index contributed by atoms with van der Waals surface area (Å²) in [5.74, 6) is -0.202. The molecular weight excluding hydrogens is 191 g/mol. The van der Waals surface area contributed by atoms with Gasteiger partial charge in [0.1, 0.15) is 5.82 Å². The number of rotatable bonds is 1. The SMILES string of the molecule is Cc1c[nH]c2c(F)cc(C3(N)CC3)cc12. The summed E-state index contributed by atoms with van der Waals surface area (Å²) in [7, 11) is 0. The van der Waals surface area contributed by atoms with E-state index in [-0.39, 0.29) is 11.4 Å². The van der Waals surface area contributed by atoms with Crippen LogP contribution in [0, 0.1) is 12.7 Å². The van der Waals surface area contributed by atoms with E-state index in [1.165, 1.54) is 0 Å². The van der Waals surface area contributed by atoms with Gasteiger partial charge in [-0.1, -0.05) is 0 Å². The summed E-state index contributed by atoms with van der Waals surface area (Å²) in [6, 6.07) is 3.57. The van der Waals surface area contributed by atoms with E-state index in [2.05, 4.69) is 4.98 Å². The maximum Gasteiger partial charge on any atom is 0.147 e. The molecule has 0 atom stereocenters. The molecule has 0 spiro atoms. The highest BCUT2D eigenvalue weighted by atomic mass is 19.1. The molecule has 1 heterocycles. The van der Waals surface area contributed by atoms with Crippen molar-refractivity contribution in [3.8, 4) is 0 Å². The molecular formula is C12H13FN2. The molecule has 3 N–H and O–H groups in total. The molecule has 15 heavy (non-hydrogen) atoms. The number of hydrogen-bond acceptors (Lipinski definition) is 1. The van der Waals surface area contributed by atoms with E-state index in [1.807, 2.05) is 19.2 Å². The van der Waals surface area contributed by atoms with Crippen LogP contribution >= 0.6 is 0 Å². The summed E-state index contributed by atoms with van der Waals surface area (Å²) < 4.78 is 13.7. The summed E-state index contributed by atoms with van der Waals surface area (Å²) in [6.45, 7) is 1.97. The summed E-state index contributed by atoms with van der Waals surface area (Å²) in [5.41, 5.74) is 8.38. The van der Waals surface area contributed by atoms with Crippen molar-refractivity contribution in [2.75, 3.05) is 0 Å². The number of hydrogen-bond donors (Lipinski definition) is 2. The fourth-order valence-electron chi connectivity index (χ4n) is 2.03. The van der Waals surface area contributed by atoms with E-state index in [4.69, 9.17) is 5.73 Å². The van der Waals surface area contributed by atoms with Crippen LogP contribution in [0.15, 0.2) is 18.3 Å². The number of benzene rings is 1. The average Bonchev–Trinajstić information content (AvgIpc) is 2.84. The third-order valence-electron chi connectivity index (χ3n) is 3.31. The number of nitrogens with one attached hydrogen (secondary N) is 1. The van der Waals surface area contributed by atoms with Crippen molar-refractivity contribution in [2.45, 2.75) is 25.3 Å². The molecule has 3 rings (SSSR count). The molecule has 1 aromatic carbocycles. The van der Waals surface area contributed by atoms with Crippen molar-refractivity contribution in [3.63, 3.8) is 0 Å². The minimum atomic E-state index is -0.265. The zero-order valence-electron chi connectivity index (χ0n) is 8.60. The molecule has 2 aromatic rings. The second kappa shape index (κ2) is 2.61. The van der Waals surface area contributed by atoms with E-state index >= 15 is 0 Å². The Hall–Kier alpha value is -1.35. The van der Waals surface area contributed by atoms with Gasteiger partial charge in [0, 0.05) is 17.1 Å². The van der Waals surface area contributed by atoms with Crippen LogP contribution in [0.3, 0.4) is 0 Å². The Morgan fingerprint density at radius 1 is 1.40 bits per heavy atom. The highest BCUT2D eigenvalue weighted by Gasteiger charge is 2.40. The van der Waals surface area contributed by atoms with Crippen LogP contribution in [0.2, 0.25) is 0 Å². The molecule has 0 unspecified atom stereocenters. The molecule has 1 fully saturated rings. The lowest BCUT2D eigenvalue weighted by atomic mass is 10.0. The first-order valence-corrected chi connectivity index (χ1v) is 5.17. The van der Waals surface area contributed by atoms with Crippen LogP contribution in [0.25, 0.3) is 10.9 Å². The largest absolute Gasteiger partial charge is 0.359 e. The van der Waals surface area contributed by atoms with Crippen LogP contribution in [-0.4, -0.2) is 4.98 Å². The zero-order valence-corrected chi connectivity index (χ0v) is 8.60. The van der Waals surface area contributed by atoms with Crippen LogP contribution in [0.5, 0.6) is 0 Å². The van der Waals surface area contributed by atoms with Crippen LogP contribution in [0.1, 0.15) is 24.0 Å². The minimum Gasteiger partial charge on any atom is -0.359 e. The smallest absolute Gasteiger partial charge is 0.147 e. The Balaban J connectivity index is 2.30. The van der Waals surface area contributed by atoms with Crippen molar-refractivity contribution in [1.82, 2.24) is 4.98 Å². The van der Waals surface area contributed by atoms with Gasteiger partial charge in [0.25, 0.3) is 0 Å². The molecule has 2 nitrogen and oxygen atoms in total. The standard InChI is InChI=1S/C12H13FN2/c1-7-6-15-11-9(7)4-8(5-10(11)13)12(14)2-3-12/h4-6,15H,2-3,14H2,1H3. The first-order valence-electron chi connectivity index (χ1n) is 5.17. The first kappa shape index (κ1) is 8.92. The second-order valence-corrected chi connectivity index (χ2v) is 4.51. The summed E-state index contributed by atoms with van der Waals surface area (Å²) in [6.07, 6.45) is 3.75. The quantitative estimate of drug-likeness (QED) is 0.736. The summed E-state index contributed by atoms with van der Waals surface area (Å²) >= 11 is 0. The molecule has 0 bridgehead atoms. The van der Waals surface area contributed by atoms with Crippen LogP contribution in [0.4, 0.5) is 4.39 Å². The van der Waals surface area contributed by atoms with Crippen molar-refractivity contribution >= 4 is 10.9 Å². The molecule has 1 aliphatic rings. The molecule has 1 aliphatic carbocycles. The molecule has 0 radical (unpaired) electrons. The van der Waals surface area contributed by atoms with Gasteiger partial charge >= 0.3 is 0 Å². The first-order chi connectivity index (χ1) is 7.10. The van der Waals surface area contributed by atoms with E-state index in [0.29, 0.717) is 5.52 Å². The molecule has 0 aliphatic heterocycles. The van der Waals surface area contributed by atoms with E-state index in [1.54, 1.807) is 6.07 Å². The fraction of sp³-hybridized carbons (Fsp3) is 0.333. The number of nitrogens with two attached hydrogens (primary N) is 1. The molecule has 3 heteroatoms. The Labute approximate surface area is 87.3 Å². The van der Waals surface area contributed by atoms with Gasteiger partial charge in [-0.05, 0) is 43.0 Å². The Bertz CT molecular complexity index is 538. The zero-order chi connectivity index (χ0) is 10.6. The molecule has 1 saturated carbocycles. The number of aromatic amines is 1. The summed E-state index contributed by atoms with van der Waals surface area (Å²) in [4.78, 5) is 2.94. The third kappa shape index (κ3) is 1.20. The maximum atomic E-state index is 13.7. The minimum absolute atomic E-state index is 0.202. The average molecular weight is 204 g/mol. The van der Waals surface area contributed by atoms with E-state index in [9.17, 15) is 4.39 Å². The lowest BCUT2D eigenvalue weighted by Gasteiger charge is -2.09. The topological polar surface area (TPSA) is 41.8 Å². The van der Waals surface area contributed by atoms with Crippen LogP contribution < -0.4 is 5.73 Å². The van der Waals surface area contributed by atoms with Gasteiger partial charge < -0.3 is 10.7 Å². The maximum absolute atomic E-state index is 13.7. The van der Waals surface area contributed by atoms with E-state index in [0.717, 1.165) is 29.4 Å². The summed E-state index contributed by atoms with van der Waals surface area (Å²) in [5, 5.41) is 0.946. The van der Waals surface area contributed by atoms with Crippen molar-refractivity contribution < 1.29 is 4.39 Å². The van der Waals surface area contributed by atoms with Gasteiger partial charge in [0.2, 0.25) is 0 Å². The van der Waals surface area contributed by atoms with Gasteiger partial charge in [-0.3, -0.25) is 0 Å². The molecule has 0 saturated heterocycles. The Morgan fingerprint density at radius 2 is 2.13 bits per heavy atom. The number of aryl methyl sites for hydroxylation is 1. The third-order valence-corrected chi connectivity index (χ3v) is 3.31. The van der Waals surface area contributed by atoms with Crippen molar-refractivity contribution in [3.05, 3.63) is 35.3 Å². The Morgan fingerprint density at radius 3 is 2.80 bits per heavy atom. The number of H-pyrrole nitrogens is 1. The normalized spacial score (nSPS) is 18.3. The van der Waals surface area contributed by atoms with Gasteiger partial charge in [-0.25, -0.2) is 4.39 Å². The predicted molar refractivity (Wildman–Crippen MR) is 58.1 cm³/mol. The lowest BCUT2D eigenvalue weighted by Crippen LogP contribution is -2.18.